The highest BCUT2D eigenvalue weighted by Crippen LogP contribution is 2.32. The highest BCUT2D eigenvalue weighted by atomic mass is 35.5. The molecular formula is C22H29ClFN2O+. The molecule has 0 aliphatic heterocycles. The van der Waals surface area contributed by atoms with Gasteiger partial charge in [0.15, 0.2) is 6.54 Å². The van der Waals surface area contributed by atoms with Gasteiger partial charge in [-0.15, -0.1) is 0 Å². The summed E-state index contributed by atoms with van der Waals surface area (Å²) in [7, 11) is 1.86. The minimum Gasteiger partial charge on any atom is -0.326 e. The van der Waals surface area contributed by atoms with Gasteiger partial charge in [0.25, 0.3) is 5.91 Å². The van der Waals surface area contributed by atoms with Crippen LogP contribution in [-0.2, 0) is 11.3 Å². The van der Waals surface area contributed by atoms with E-state index in [2.05, 4.69) is 45.1 Å². The second-order valence-electron chi connectivity index (χ2n) is 7.68. The molecule has 0 bridgehead atoms. The summed E-state index contributed by atoms with van der Waals surface area (Å²) >= 11 is 6.10. The Bertz CT molecular complexity index is 758. The fourth-order valence-corrected chi connectivity index (χ4v) is 3.45. The maximum absolute atomic E-state index is 14.0. The molecule has 1 atom stereocenters. The van der Waals surface area contributed by atoms with Gasteiger partial charge in [-0.2, -0.15) is 0 Å². The van der Waals surface area contributed by atoms with Crippen LogP contribution < -0.4 is 10.2 Å². The number of amides is 1. The number of nitrogens with one attached hydrogen (secondary N) is 2. The zero-order chi connectivity index (χ0) is 20.1. The molecule has 3 nitrogen and oxygen atoms in total. The summed E-state index contributed by atoms with van der Waals surface area (Å²) < 4.78 is 14.0. The molecule has 0 aromatic heterocycles. The van der Waals surface area contributed by atoms with Crippen molar-refractivity contribution >= 4 is 23.2 Å². The number of likely N-dealkylation sites (N-methyl/N-ethyl adjacent to an activating group) is 1. The fourth-order valence-electron chi connectivity index (χ4n) is 3.22. The van der Waals surface area contributed by atoms with E-state index in [1.54, 1.807) is 12.1 Å². The van der Waals surface area contributed by atoms with Gasteiger partial charge >= 0.3 is 0 Å². The van der Waals surface area contributed by atoms with E-state index in [0.717, 1.165) is 21.7 Å². The molecule has 0 radical (unpaired) electrons. The summed E-state index contributed by atoms with van der Waals surface area (Å²) in [6.45, 7) is 9.05. The molecule has 0 aliphatic rings. The lowest BCUT2D eigenvalue weighted by molar-refractivity contribution is -0.885. The number of halogens is 2. The summed E-state index contributed by atoms with van der Waals surface area (Å²) in [6, 6.07) is 10.8. The van der Waals surface area contributed by atoms with Gasteiger partial charge in [-0.25, -0.2) is 4.39 Å². The topological polar surface area (TPSA) is 33.5 Å². The molecular weight excluding hydrogens is 363 g/mol. The Hall–Kier alpha value is -1.91. The van der Waals surface area contributed by atoms with E-state index in [4.69, 9.17) is 11.6 Å². The zero-order valence-corrected chi connectivity index (χ0v) is 17.5. The van der Waals surface area contributed by atoms with Gasteiger partial charge in [0.2, 0.25) is 0 Å². The summed E-state index contributed by atoms with van der Waals surface area (Å²) in [5, 5.41) is 3.49. The Labute approximate surface area is 166 Å². The van der Waals surface area contributed by atoms with Crippen LogP contribution in [-0.4, -0.2) is 19.5 Å². The molecule has 2 aromatic carbocycles. The van der Waals surface area contributed by atoms with E-state index < -0.39 is 0 Å². The van der Waals surface area contributed by atoms with Gasteiger partial charge in [0, 0.05) is 5.69 Å². The summed E-state index contributed by atoms with van der Waals surface area (Å²) in [4.78, 5) is 13.5. The fraction of sp³-hybridized carbons (Fsp3) is 0.409. The maximum atomic E-state index is 14.0. The van der Waals surface area contributed by atoms with E-state index in [0.29, 0.717) is 29.0 Å². The van der Waals surface area contributed by atoms with Gasteiger partial charge < -0.3 is 10.2 Å². The molecule has 2 rings (SSSR count). The number of hydrogen-bond donors (Lipinski definition) is 2. The first-order valence-corrected chi connectivity index (χ1v) is 9.75. The van der Waals surface area contributed by atoms with Crippen LogP contribution in [0.25, 0.3) is 0 Å². The molecule has 1 amide bonds. The van der Waals surface area contributed by atoms with Crippen molar-refractivity contribution in [3.05, 3.63) is 63.9 Å². The molecule has 2 aromatic rings. The monoisotopic (exact) mass is 391 g/mol. The van der Waals surface area contributed by atoms with E-state index in [-0.39, 0.29) is 18.3 Å². The Balaban J connectivity index is 2.14. The van der Waals surface area contributed by atoms with E-state index in [1.165, 1.54) is 6.07 Å². The molecule has 0 saturated carbocycles. The molecule has 146 valence electrons. The molecule has 27 heavy (non-hydrogen) atoms. The minimum absolute atomic E-state index is 0.0880. The highest BCUT2D eigenvalue weighted by molar-refractivity contribution is 6.31. The van der Waals surface area contributed by atoms with Crippen LogP contribution in [0.4, 0.5) is 10.1 Å². The molecule has 2 N–H and O–H groups in total. The second kappa shape index (κ2) is 9.34. The summed E-state index contributed by atoms with van der Waals surface area (Å²) in [6.07, 6.45) is 0. The number of quaternary nitrogens is 1. The molecule has 0 spiro atoms. The van der Waals surface area contributed by atoms with Crippen LogP contribution in [0.3, 0.4) is 0 Å². The third-order valence-electron chi connectivity index (χ3n) is 4.64. The number of hydrogen-bond acceptors (Lipinski definition) is 1. The molecule has 0 aliphatic carbocycles. The number of rotatable bonds is 7. The Morgan fingerprint density at radius 2 is 1.63 bits per heavy atom. The van der Waals surface area contributed by atoms with Crippen molar-refractivity contribution in [2.75, 3.05) is 18.9 Å². The Morgan fingerprint density at radius 1 is 1.07 bits per heavy atom. The van der Waals surface area contributed by atoms with E-state index in [9.17, 15) is 9.18 Å². The molecule has 0 heterocycles. The van der Waals surface area contributed by atoms with Crippen molar-refractivity contribution in [1.29, 1.82) is 0 Å². The average molecular weight is 392 g/mol. The van der Waals surface area contributed by atoms with Crippen LogP contribution in [0.1, 0.15) is 56.2 Å². The molecule has 0 fully saturated rings. The number of para-hydroxylation sites is 1. The third-order valence-corrected chi connectivity index (χ3v) is 4.99. The normalized spacial score (nSPS) is 12.5. The smallest absolute Gasteiger partial charge is 0.279 e. The SMILES string of the molecule is CC(C)c1cccc(C(C)C)c1NC(=O)C[NH+](C)Cc1c(F)cccc1Cl. The van der Waals surface area contributed by atoms with Gasteiger partial charge in [0.1, 0.15) is 12.4 Å². The predicted molar refractivity (Wildman–Crippen MR) is 110 cm³/mol. The average Bonchev–Trinajstić information content (AvgIpc) is 2.57. The lowest BCUT2D eigenvalue weighted by Gasteiger charge is -2.21. The van der Waals surface area contributed by atoms with Crippen LogP contribution >= 0.6 is 11.6 Å². The van der Waals surface area contributed by atoms with E-state index >= 15 is 0 Å². The second-order valence-corrected chi connectivity index (χ2v) is 8.09. The maximum Gasteiger partial charge on any atom is 0.279 e. The summed E-state index contributed by atoms with van der Waals surface area (Å²) in [5.41, 5.74) is 3.60. The number of carbonyl (C=O) groups is 1. The van der Waals surface area contributed by atoms with Crippen molar-refractivity contribution in [2.45, 2.75) is 46.1 Å². The van der Waals surface area contributed by atoms with Gasteiger partial charge in [-0.3, -0.25) is 4.79 Å². The first kappa shape index (κ1) is 21.4. The van der Waals surface area contributed by atoms with Gasteiger partial charge in [-0.05, 0) is 35.1 Å². The first-order chi connectivity index (χ1) is 12.7. The zero-order valence-electron chi connectivity index (χ0n) is 16.7. The van der Waals surface area contributed by atoms with Crippen molar-refractivity contribution in [1.82, 2.24) is 0 Å². The van der Waals surface area contributed by atoms with Crippen LogP contribution in [0.5, 0.6) is 0 Å². The van der Waals surface area contributed by atoms with Crippen LogP contribution in [0.15, 0.2) is 36.4 Å². The van der Waals surface area contributed by atoms with Crippen molar-refractivity contribution < 1.29 is 14.1 Å². The summed E-state index contributed by atoms with van der Waals surface area (Å²) in [5.74, 6) is 0.187. The predicted octanol–water partition coefficient (Wildman–Crippen LogP) is 4.38. The highest BCUT2D eigenvalue weighted by Gasteiger charge is 2.19. The van der Waals surface area contributed by atoms with Gasteiger partial charge in [-0.1, -0.05) is 63.6 Å². The van der Waals surface area contributed by atoms with Crippen LogP contribution in [0.2, 0.25) is 5.02 Å². The molecule has 5 heteroatoms. The Morgan fingerprint density at radius 3 is 2.15 bits per heavy atom. The first-order valence-electron chi connectivity index (χ1n) is 9.37. The molecule has 0 saturated heterocycles. The number of benzene rings is 2. The third kappa shape index (κ3) is 5.53. The van der Waals surface area contributed by atoms with Crippen molar-refractivity contribution in [3.63, 3.8) is 0 Å². The Kier molecular flexibility index (Phi) is 7.40. The number of anilines is 1. The van der Waals surface area contributed by atoms with Gasteiger partial charge in [0.05, 0.1) is 17.6 Å². The number of carbonyl (C=O) groups excluding carboxylic acids is 1. The lowest BCUT2D eigenvalue weighted by atomic mass is 9.92. The van der Waals surface area contributed by atoms with Crippen molar-refractivity contribution in [3.8, 4) is 0 Å². The van der Waals surface area contributed by atoms with E-state index in [1.807, 2.05) is 13.1 Å². The van der Waals surface area contributed by atoms with Crippen LogP contribution in [0, 0.1) is 5.82 Å². The van der Waals surface area contributed by atoms with Crippen molar-refractivity contribution in [2.24, 2.45) is 0 Å². The largest absolute Gasteiger partial charge is 0.326 e. The standard InChI is InChI=1S/C22H28ClFN2O/c1-14(2)16-8-6-9-17(15(3)4)22(16)25-21(27)13-26(5)12-18-19(23)10-7-11-20(18)24/h6-11,14-15H,12-13H2,1-5H3,(H,25,27)/p+1. The quantitative estimate of drug-likeness (QED) is 0.721. The minimum atomic E-state index is -0.338. The molecule has 1 unspecified atom stereocenters. The lowest BCUT2D eigenvalue weighted by Crippen LogP contribution is -3.08.